The lowest BCUT2D eigenvalue weighted by molar-refractivity contribution is 0.278. The van der Waals surface area contributed by atoms with Gasteiger partial charge in [-0.3, -0.25) is 0 Å². The molecule has 0 radical (unpaired) electrons. The van der Waals surface area contributed by atoms with Crippen molar-refractivity contribution in [3.8, 4) is 40.2 Å². The van der Waals surface area contributed by atoms with Gasteiger partial charge in [0.15, 0.2) is 0 Å². The van der Waals surface area contributed by atoms with E-state index in [1.807, 2.05) is 60.7 Å². The molecule has 16 rings (SSSR count). The molecular formula is C121H146O9. The van der Waals surface area contributed by atoms with Crippen molar-refractivity contribution in [2.75, 3.05) is 49.8 Å². The Labute approximate surface area is 778 Å². The van der Waals surface area contributed by atoms with E-state index in [-0.39, 0.29) is 56.5 Å². The van der Waals surface area contributed by atoms with E-state index in [1.165, 1.54) is 104 Å². The van der Waals surface area contributed by atoms with Crippen molar-refractivity contribution in [3.63, 3.8) is 0 Å². The summed E-state index contributed by atoms with van der Waals surface area (Å²) in [7, 11) is 11.9. The molecule has 0 saturated heterocycles. The topological polar surface area (TPSA) is 105 Å². The SMILES string of the molecule is CC(C)(C)c1c(CO)ccc2ccccc12.CC(C)(C)c1ccc2ccccc2c1.CC(C)(C)c1cccc2ccccc12.COc1cc(C(C)(C)C)c(OC)c2ccccc12.COc1ccc(C(C)(C)C)c2ccccc12.COc1ccc2c(C(C)(C)C)c(CO)cc(OC)c2c1.COc1ccc2c(C(C)(C)C)cccc2c1.COc1ccc2cc(C(C)(C)C)ccc2c1. The van der Waals surface area contributed by atoms with E-state index in [1.54, 1.807) is 49.8 Å². The zero-order valence-electron chi connectivity index (χ0n) is 83.8. The van der Waals surface area contributed by atoms with E-state index in [0.717, 1.165) is 78.5 Å². The van der Waals surface area contributed by atoms with E-state index in [4.69, 9.17) is 33.2 Å². The highest BCUT2D eigenvalue weighted by atomic mass is 16.5. The Hall–Kier alpha value is -11.9. The van der Waals surface area contributed by atoms with Crippen molar-refractivity contribution >= 4 is 86.2 Å². The fourth-order valence-electron chi connectivity index (χ4n) is 16.8. The number of methoxy groups -OCH3 is 7. The number of hydrogen-bond donors (Lipinski definition) is 2. The van der Waals surface area contributed by atoms with Crippen molar-refractivity contribution < 1.29 is 43.4 Å². The number of aliphatic hydroxyl groups excluding tert-OH is 2. The van der Waals surface area contributed by atoms with Crippen LogP contribution in [0.3, 0.4) is 0 Å². The van der Waals surface area contributed by atoms with Crippen LogP contribution in [-0.4, -0.2) is 60.0 Å². The number of hydrogen-bond acceptors (Lipinski definition) is 9. The molecule has 0 bridgehead atoms. The maximum Gasteiger partial charge on any atom is 0.130 e. The van der Waals surface area contributed by atoms with Gasteiger partial charge >= 0.3 is 0 Å². The van der Waals surface area contributed by atoms with Gasteiger partial charge in [0.25, 0.3) is 0 Å². The van der Waals surface area contributed by atoms with E-state index >= 15 is 0 Å². The molecule has 130 heavy (non-hydrogen) atoms. The molecule has 9 heteroatoms. The third-order valence-electron chi connectivity index (χ3n) is 23.6. The molecule has 16 aromatic rings. The molecule has 0 atom stereocenters. The fraction of sp³-hybridized carbons (Fsp3) is 0.339. The lowest BCUT2D eigenvalue weighted by Gasteiger charge is -2.26. The Morgan fingerprint density at radius 2 is 0.538 bits per heavy atom. The smallest absolute Gasteiger partial charge is 0.130 e. The Bertz CT molecular complexity index is 6450. The van der Waals surface area contributed by atoms with Crippen LogP contribution >= 0.6 is 0 Å². The average Bonchev–Trinajstić information content (AvgIpc) is 0.770. The highest BCUT2D eigenvalue weighted by Gasteiger charge is 2.27. The van der Waals surface area contributed by atoms with Crippen LogP contribution in [0.4, 0.5) is 0 Å². The summed E-state index contributed by atoms with van der Waals surface area (Å²) < 4.78 is 37.8. The van der Waals surface area contributed by atoms with Gasteiger partial charge in [-0.05, 0) is 213 Å². The molecule has 0 aromatic heterocycles. The van der Waals surface area contributed by atoms with Crippen LogP contribution in [-0.2, 0) is 56.5 Å². The van der Waals surface area contributed by atoms with Crippen LogP contribution in [0.2, 0.25) is 0 Å². The van der Waals surface area contributed by atoms with Gasteiger partial charge in [0.2, 0.25) is 0 Å². The zero-order chi connectivity index (χ0) is 95.7. The molecule has 16 aromatic carbocycles. The van der Waals surface area contributed by atoms with Crippen molar-refractivity contribution in [1.29, 1.82) is 0 Å². The van der Waals surface area contributed by atoms with Gasteiger partial charge in [-0.15, -0.1) is 0 Å². The first-order chi connectivity index (χ1) is 61.2. The molecule has 2 N–H and O–H groups in total. The number of rotatable bonds is 9. The molecule has 0 aliphatic carbocycles. The Kier molecular flexibility index (Phi) is 33.9. The molecule has 0 heterocycles. The maximum atomic E-state index is 9.68. The summed E-state index contributed by atoms with van der Waals surface area (Å²) >= 11 is 0. The predicted octanol–water partition coefficient (Wildman–Crippen LogP) is 32.1. The number of aliphatic hydroxyl groups is 2. The second-order valence-corrected chi connectivity index (χ2v) is 41.6. The predicted molar refractivity (Wildman–Crippen MR) is 559 cm³/mol. The first-order valence-corrected chi connectivity index (χ1v) is 45.4. The summed E-state index contributed by atoms with van der Waals surface area (Å²) in [6.45, 7) is 53.3. The van der Waals surface area contributed by atoms with Gasteiger partial charge in [-0.1, -0.05) is 397 Å². The van der Waals surface area contributed by atoms with E-state index in [9.17, 15) is 10.2 Å². The third-order valence-corrected chi connectivity index (χ3v) is 23.6. The fourth-order valence-corrected chi connectivity index (χ4v) is 16.8. The number of fused-ring (bicyclic) bond motifs is 8. The quantitative estimate of drug-likeness (QED) is 0.146. The van der Waals surface area contributed by atoms with Gasteiger partial charge in [0.1, 0.15) is 40.2 Å². The molecule has 0 fully saturated rings. The normalized spacial score (nSPS) is 11.8. The Morgan fingerprint density at radius 1 is 0.192 bits per heavy atom. The van der Waals surface area contributed by atoms with Crippen LogP contribution < -0.4 is 33.2 Å². The highest BCUT2D eigenvalue weighted by molar-refractivity contribution is 5.97. The third kappa shape index (κ3) is 25.8. The Morgan fingerprint density at radius 3 is 1.02 bits per heavy atom. The van der Waals surface area contributed by atoms with Gasteiger partial charge in [-0.25, -0.2) is 0 Å². The maximum absolute atomic E-state index is 9.68. The summed E-state index contributed by atoms with van der Waals surface area (Å²) in [6.07, 6.45) is 0. The minimum Gasteiger partial charge on any atom is -0.497 e. The highest BCUT2D eigenvalue weighted by Crippen LogP contribution is 2.45. The van der Waals surface area contributed by atoms with Gasteiger partial charge in [0, 0.05) is 27.1 Å². The van der Waals surface area contributed by atoms with Crippen LogP contribution in [0, 0.1) is 0 Å². The van der Waals surface area contributed by atoms with Crippen LogP contribution in [0.5, 0.6) is 40.2 Å². The van der Waals surface area contributed by atoms with Gasteiger partial charge < -0.3 is 43.4 Å². The monoisotopic (exact) mass is 1740 g/mol. The number of ether oxygens (including phenoxy) is 7. The van der Waals surface area contributed by atoms with Crippen molar-refractivity contribution in [2.24, 2.45) is 0 Å². The van der Waals surface area contributed by atoms with E-state index in [2.05, 4.69) is 391 Å². The minimum atomic E-state index is -0.0584. The summed E-state index contributed by atoms with van der Waals surface area (Å²) in [6, 6.07) is 99.1. The molecule has 0 spiro atoms. The second-order valence-electron chi connectivity index (χ2n) is 41.6. The first-order valence-electron chi connectivity index (χ1n) is 45.4. The van der Waals surface area contributed by atoms with Crippen LogP contribution in [0.25, 0.3) is 86.2 Å². The molecule has 9 nitrogen and oxygen atoms in total. The van der Waals surface area contributed by atoms with Crippen LogP contribution in [0.15, 0.2) is 285 Å². The standard InChI is InChI=1S/C17H22O3.C16H20O2.4C15H18O.2C14H16/c1-17(2,3)16-11(10-18)8-15(20-5)14-9-12(19-4)6-7-13(14)16;1-16(2,3)13-10-14(17-4)11-8-6-7-9-12(11)15(13)18-5;1-15(2,3)13-7-5-12-10-14(16-4)8-6-11(12)9-13;1-15(2,3)14-7-5-6-11-10-12(16-4)8-9-13(11)14;1-15(2,3)13-9-10-14(16-4)12-8-6-5-7-11(12)13;1-15(2,3)14-12(10-16)9-8-11-6-4-5-7-13(11)14;1-14(2,3)13-10-6-8-11-7-4-5-9-12(11)13;1-14(2,3)13-9-8-11-6-4-5-7-12(11)10-13/h6-9,18H,10H2,1-5H3;6-10H,1-5H3;3*5-10H,1-4H3;4-9,16H,10H2,1-3H3;2*4-10H,1-3H3. The van der Waals surface area contributed by atoms with Crippen molar-refractivity contribution in [2.45, 2.75) is 223 Å². The molecule has 0 aliphatic heterocycles. The molecule has 0 saturated carbocycles. The Balaban J connectivity index is 0.000000168. The van der Waals surface area contributed by atoms with Crippen molar-refractivity contribution in [1.82, 2.24) is 0 Å². The largest absolute Gasteiger partial charge is 0.497 e. The van der Waals surface area contributed by atoms with Gasteiger partial charge in [0.05, 0.1) is 63.0 Å². The molecule has 0 amide bonds. The zero-order valence-corrected chi connectivity index (χ0v) is 83.8. The molecule has 0 aliphatic rings. The number of benzene rings is 16. The minimum absolute atomic E-state index is 0.00489. The summed E-state index contributed by atoms with van der Waals surface area (Å²) in [5.41, 5.74) is 13.5. The lowest BCUT2D eigenvalue weighted by atomic mass is 9.80. The first kappa shape index (κ1) is 102. The molecular weight excluding hydrogens is 1600 g/mol. The summed E-state index contributed by atoms with van der Waals surface area (Å²) in [4.78, 5) is 0. The summed E-state index contributed by atoms with van der Waals surface area (Å²) in [5.74, 6) is 6.18. The van der Waals surface area contributed by atoms with Crippen LogP contribution in [0.1, 0.15) is 222 Å². The molecule has 0 unspecified atom stereocenters. The van der Waals surface area contributed by atoms with E-state index in [0.29, 0.717) is 0 Å². The van der Waals surface area contributed by atoms with E-state index < -0.39 is 0 Å². The van der Waals surface area contributed by atoms with Gasteiger partial charge in [-0.2, -0.15) is 0 Å². The lowest BCUT2D eigenvalue weighted by Crippen LogP contribution is -2.15. The average molecular weight is 1740 g/mol. The summed E-state index contributed by atoms with van der Waals surface area (Å²) in [5, 5.41) is 38.8. The van der Waals surface area contributed by atoms with Crippen molar-refractivity contribution in [3.05, 3.63) is 341 Å². The molecule has 684 valence electrons. The second kappa shape index (κ2) is 43.2.